The summed E-state index contributed by atoms with van der Waals surface area (Å²) in [6.45, 7) is 3.87. The molecule has 0 radical (unpaired) electrons. The standard InChI is InChI=1S/C26H31N3O4/c1-2-26(27)22(16-24(30)31)14-20-10-11-21(15-23(20)33-26)25(32)19-8-6-18(7-9-19)17-28-29-12-4-3-5-13-29/h6-11,15,17,22H,2-5,12-14,16,27H2,1H3,(H,30,31). The van der Waals surface area contributed by atoms with Crippen LogP contribution in [0, 0.1) is 5.92 Å². The highest BCUT2D eigenvalue weighted by atomic mass is 16.5. The van der Waals surface area contributed by atoms with Crippen LogP contribution in [0.2, 0.25) is 0 Å². The predicted octanol–water partition coefficient (Wildman–Crippen LogP) is 3.83. The van der Waals surface area contributed by atoms with Crippen LogP contribution in [0.5, 0.6) is 5.75 Å². The van der Waals surface area contributed by atoms with Gasteiger partial charge in [0.1, 0.15) is 5.75 Å². The van der Waals surface area contributed by atoms with Gasteiger partial charge in [-0.05, 0) is 49.3 Å². The lowest BCUT2D eigenvalue weighted by Gasteiger charge is -2.41. The van der Waals surface area contributed by atoms with Crippen molar-refractivity contribution in [1.29, 1.82) is 0 Å². The van der Waals surface area contributed by atoms with E-state index in [2.05, 4.69) is 10.1 Å². The second kappa shape index (κ2) is 9.75. The van der Waals surface area contributed by atoms with Gasteiger partial charge in [-0.25, -0.2) is 0 Å². The van der Waals surface area contributed by atoms with Crippen molar-refractivity contribution in [2.45, 2.75) is 51.2 Å². The quantitative estimate of drug-likeness (QED) is 0.492. The zero-order valence-corrected chi connectivity index (χ0v) is 19.0. The number of hydrogen-bond acceptors (Lipinski definition) is 6. The molecule has 3 N–H and O–H groups in total. The number of carbonyl (C=O) groups is 2. The SMILES string of the molecule is CCC1(N)Oc2cc(C(=O)c3ccc(C=NN4CCCCC4)cc3)ccc2CC1CC(=O)O. The monoisotopic (exact) mass is 449 g/mol. The first-order valence-electron chi connectivity index (χ1n) is 11.6. The van der Waals surface area contributed by atoms with Crippen LogP contribution in [0.4, 0.5) is 0 Å². The van der Waals surface area contributed by atoms with Gasteiger partial charge < -0.3 is 9.84 Å². The number of rotatable bonds is 7. The molecule has 7 nitrogen and oxygen atoms in total. The summed E-state index contributed by atoms with van der Waals surface area (Å²) in [4.78, 5) is 24.3. The second-order valence-electron chi connectivity index (χ2n) is 8.94. The maximum atomic E-state index is 13.1. The number of nitrogens with zero attached hydrogens (tertiary/aromatic N) is 2. The predicted molar refractivity (Wildman–Crippen MR) is 127 cm³/mol. The molecule has 1 fully saturated rings. The van der Waals surface area contributed by atoms with E-state index < -0.39 is 11.7 Å². The normalized spacial score (nSPS) is 22.6. The topological polar surface area (TPSA) is 105 Å². The highest BCUT2D eigenvalue weighted by Gasteiger charge is 2.41. The minimum Gasteiger partial charge on any atom is -0.481 e. The molecule has 2 unspecified atom stereocenters. The molecule has 0 bridgehead atoms. The molecule has 0 spiro atoms. The van der Waals surface area contributed by atoms with Crippen molar-refractivity contribution >= 4 is 18.0 Å². The molecule has 2 aromatic rings. The Morgan fingerprint density at radius 3 is 2.52 bits per heavy atom. The maximum Gasteiger partial charge on any atom is 0.303 e. The van der Waals surface area contributed by atoms with Crippen molar-refractivity contribution in [1.82, 2.24) is 5.01 Å². The number of carboxylic acid groups (broad SMARTS) is 1. The highest BCUT2D eigenvalue weighted by Crippen LogP contribution is 2.38. The fourth-order valence-corrected chi connectivity index (χ4v) is 4.53. The number of benzene rings is 2. The fraction of sp³-hybridized carbons (Fsp3) is 0.423. The van der Waals surface area contributed by atoms with Gasteiger partial charge in [-0.15, -0.1) is 0 Å². The summed E-state index contributed by atoms with van der Waals surface area (Å²) in [5.74, 6) is -0.774. The Bertz CT molecular complexity index is 1040. The molecule has 2 atom stereocenters. The van der Waals surface area contributed by atoms with Crippen molar-refractivity contribution in [3.05, 3.63) is 64.7 Å². The van der Waals surface area contributed by atoms with E-state index in [1.54, 1.807) is 12.1 Å². The van der Waals surface area contributed by atoms with Crippen molar-refractivity contribution in [2.24, 2.45) is 16.8 Å². The van der Waals surface area contributed by atoms with Crippen LogP contribution < -0.4 is 10.5 Å². The summed E-state index contributed by atoms with van der Waals surface area (Å²) in [6, 6.07) is 12.7. The Morgan fingerprint density at radius 2 is 1.85 bits per heavy atom. The number of ether oxygens (including phenoxy) is 1. The molecule has 0 amide bonds. The van der Waals surface area contributed by atoms with Crippen molar-refractivity contribution < 1.29 is 19.4 Å². The van der Waals surface area contributed by atoms with E-state index in [1.165, 1.54) is 19.3 Å². The van der Waals surface area contributed by atoms with E-state index in [0.29, 0.717) is 29.7 Å². The van der Waals surface area contributed by atoms with Crippen molar-refractivity contribution in [2.75, 3.05) is 13.1 Å². The zero-order valence-electron chi connectivity index (χ0n) is 19.0. The van der Waals surface area contributed by atoms with Gasteiger partial charge in [0, 0.05) is 30.1 Å². The Labute approximate surface area is 194 Å². The van der Waals surface area contributed by atoms with Gasteiger partial charge in [-0.2, -0.15) is 5.10 Å². The van der Waals surface area contributed by atoms with Gasteiger partial charge in [0.25, 0.3) is 0 Å². The van der Waals surface area contributed by atoms with E-state index in [0.717, 1.165) is 24.2 Å². The van der Waals surface area contributed by atoms with E-state index in [-0.39, 0.29) is 18.1 Å². The van der Waals surface area contributed by atoms with Gasteiger partial charge in [0.2, 0.25) is 0 Å². The fourth-order valence-electron chi connectivity index (χ4n) is 4.53. The van der Waals surface area contributed by atoms with Crippen LogP contribution in [-0.4, -0.2) is 46.9 Å². The molecular formula is C26H31N3O4. The number of carboxylic acids is 1. The first-order chi connectivity index (χ1) is 15.9. The number of carbonyl (C=O) groups excluding carboxylic acids is 1. The molecule has 174 valence electrons. The van der Waals surface area contributed by atoms with Crippen LogP contribution in [-0.2, 0) is 11.2 Å². The molecule has 0 saturated carbocycles. The number of piperidine rings is 1. The van der Waals surface area contributed by atoms with Crippen LogP contribution in [0.25, 0.3) is 0 Å². The van der Waals surface area contributed by atoms with Crippen LogP contribution in [0.3, 0.4) is 0 Å². The molecule has 2 aromatic carbocycles. The summed E-state index contributed by atoms with van der Waals surface area (Å²) < 4.78 is 6.06. The lowest BCUT2D eigenvalue weighted by molar-refractivity contribution is -0.141. The minimum absolute atomic E-state index is 0.0577. The smallest absolute Gasteiger partial charge is 0.303 e. The third kappa shape index (κ3) is 5.25. The Hall–Kier alpha value is -3.19. The molecule has 7 heteroatoms. The van der Waals surface area contributed by atoms with E-state index in [4.69, 9.17) is 10.5 Å². The first-order valence-corrected chi connectivity index (χ1v) is 11.6. The van der Waals surface area contributed by atoms with Crippen LogP contribution in [0.15, 0.2) is 47.6 Å². The summed E-state index contributed by atoms with van der Waals surface area (Å²) >= 11 is 0. The van der Waals surface area contributed by atoms with Gasteiger partial charge >= 0.3 is 5.97 Å². The summed E-state index contributed by atoms with van der Waals surface area (Å²) in [6.07, 6.45) is 6.39. The molecule has 0 aromatic heterocycles. The summed E-state index contributed by atoms with van der Waals surface area (Å²) in [5.41, 5.74) is 8.27. The van der Waals surface area contributed by atoms with Gasteiger partial charge in [-0.3, -0.25) is 20.3 Å². The Kier molecular flexibility index (Phi) is 6.79. The third-order valence-electron chi connectivity index (χ3n) is 6.64. The largest absolute Gasteiger partial charge is 0.481 e. The first kappa shape index (κ1) is 23.0. The van der Waals surface area contributed by atoms with E-state index in [9.17, 15) is 14.7 Å². The number of ketones is 1. The van der Waals surface area contributed by atoms with Crippen molar-refractivity contribution in [3.8, 4) is 5.75 Å². The second-order valence-corrected chi connectivity index (χ2v) is 8.94. The Morgan fingerprint density at radius 1 is 1.15 bits per heavy atom. The average Bonchev–Trinajstić information content (AvgIpc) is 2.83. The highest BCUT2D eigenvalue weighted by molar-refractivity contribution is 6.09. The number of fused-ring (bicyclic) bond motifs is 1. The van der Waals surface area contributed by atoms with Gasteiger partial charge in [-0.1, -0.05) is 43.3 Å². The van der Waals surface area contributed by atoms with Crippen LogP contribution in [0.1, 0.15) is 66.1 Å². The molecule has 2 heterocycles. The molecule has 1 saturated heterocycles. The summed E-state index contributed by atoms with van der Waals surface area (Å²) in [5, 5.41) is 15.9. The molecule has 4 rings (SSSR count). The van der Waals surface area contributed by atoms with Gasteiger partial charge in [0.15, 0.2) is 11.5 Å². The zero-order chi connectivity index (χ0) is 23.4. The van der Waals surface area contributed by atoms with Gasteiger partial charge in [0.05, 0.1) is 12.6 Å². The number of nitrogens with two attached hydrogens (primary N) is 1. The molecular weight excluding hydrogens is 418 g/mol. The van der Waals surface area contributed by atoms with Crippen LogP contribution >= 0.6 is 0 Å². The van der Waals surface area contributed by atoms with Crippen molar-refractivity contribution in [3.63, 3.8) is 0 Å². The average molecular weight is 450 g/mol. The lowest BCUT2D eigenvalue weighted by atomic mass is 9.82. The number of hydrogen-bond donors (Lipinski definition) is 2. The lowest BCUT2D eigenvalue weighted by Crippen LogP contribution is -2.55. The van der Waals surface area contributed by atoms with E-state index in [1.807, 2.05) is 43.5 Å². The third-order valence-corrected chi connectivity index (χ3v) is 6.64. The number of hydrazone groups is 1. The Balaban J connectivity index is 1.49. The molecule has 2 aliphatic heterocycles. The minimum atomic E-state index is -1.07. The molecule has 33 heavy (non-hydrogen) atoms. The molecule has 2 aliphatic rings. The van der Waals surface area contributed by atoms with E-state index >= 15 is 0 Å². The number of aliphatic carboxylic acids is 1. The maximum absolute atomic E-state index is 13.1. The molecule has 0 aliphatic carbocycles. The summed E-state index contributed by atoms with van der Waals surface area (Å²) in [7, 11) is 0.